The summed E-state index contributed by atoms with van der Waals surface area (Å²) in [5.74, 6) is -2.09. The smallest absolute Gasteiger partial charge is 0.267 e. The van der Waals surface area contributed by atoms with E-state index < -0.39 is 11.5 Å². The van der Waals surface area contributed by atoms with E-state index >= 15 is 0 Å². The number of halogens is 2. The van der Waals surface area contributed by atoms with Gasteiger partial charge in [0.2, 0.25) is 0 Å². The van der Waals surface area contributed by atoms with Crippen molar-refractivity contribution in [3.63, 3.8) is 0 Å². The summed E-state index contributed by atoms with van der Waals surface area (Å²) in [5, 5.41) is 0. The van der Waals surface area contributed by atoms with Crippen LogP contribution in [0, 0.1) is 5.92 Å². The average molecular weight is 203 g/mol. The van der Waals surface area contributed by atoms with Crippen molar-refractivity contribution in [1.29, 1.82) is 0 Å². The lowest BCUT2D eigenvalue weighted by atomic mass is 9.82. The summed E-state index contributed by atoms with van der Waals surface area (Å²) in [4.78, 5) is 2.03. The fraction of sp³-hybridized carbons (Fsp3) is 1.00. The van der Waals surface area contributed by atoms with Crippen molar-refractivity contribution in [2.75, 3.05) is 13.1 Å². The highest BCUT2D eigenvalue weighted by atomic mass is 19.3. The highest BCUT2D eigenvalue weighted by Crippen LogP contribution is 2.52. The third-order valence-corrected chi connectivity index (χ3v) is 3.75. The average Bonchev–Trinajstić information content (AvgIpc) is 2.52. The van der Waals surface area contributed by atoms with Crippen LogP contribution in [-0.4, -0.2) is 29.5 Å². The summed E-state index contributed by atoms with van der Waals surface area (Å²) >= 11 is 0. The van der Waals surface area contributed by atoms with Crippen LogP contribution in [0.15, 0.2) is 0 Å². The molecule has 0 saturated carbocycles. The molecule has 1 unspecified atom stereocenters. The van der Waals surface area contributed by atoms with Crippen molar-refractivity contribution >= 4 is 0 Å². The fourth-order valence-corrected chi connectivity index (χ4v) is 3.24. The second-order valence-corrected chi connectivity index (χ2v) is 5.17. The molecule has 0 amide bonds. The molecule has 0 aromatic carbocycles. The molecule has 2 heterocycles. The first-order valence-corrected chi connectivity index (χ1v) is 5.61. The van der Waals surface area contributed by atoms with E-state index in [0.29, 0.717) is 25.3 Å². The van der Waals surface area contributed by atoms with Crippen LogP contribution in [0.2, 0.25) is 0 Å². The molecule has 82 valence electrons. The molecular weight excluding hydrogens is 184 g/mol. The van der Waals surface area contributed by atoms with E-state index in [1.54, 1.807) is 0 Å². The van der Waals surface area contributed by atoms with Crippen molar-refractivity contribution in [3.05, 3.63) is 0 Å². The molecule has 2 rings (SSSR count). The third-order valence-electron chi connectivity index (χ3n) is 3.75. The summed E-state index contributed by atoms with van der Waals surface area (Å²) < 4.78 is 27.7. The normalized spacial score (nSPS) is 36.6. The van der Waals surface area contributed by atoms with Gasteiger partial charge in [0, 0.05) is 13.0 Å². The molecule has 2 aliphatic heterocycles. The standard InChI is InChI=1S/C11H19F2N/c1-9(2)8-10-4-3-6-14(10)7-5-11(10,12)13/h9H,3-8H2,1-2H3. The van der Waals surface area contributed by atoms with Crippen LogP contribution in [0.1, 0.15) is 39.5 Å². The van der Waals surface area contributed by atoms with Crippen molar-refractivity contribution in [3.8, 4) is 0 Å². The topological polar surface area (TPSA) is 3.24 Å². The van der Waals surface area contributed by atoms with Crippen molar-refractivity contribution in [2.45, 2.75) is 51.0 Å². The first-order valence-electron chi connectivity index (χ1n) is 5.61. The van der Waals surface area contributed by atoms with Gasteiger partial charge in [-0.15, -0.1) is 0 Å². The molecule has 1 atom stereocenters. The second kappa shape index (κ2) is 3.16. The zero-order chi connectivity index (χ0) is 10.4. The largest absolute Gasteiger partial charge is 0.292 e. The minimum atomic E-state index is -2.45. The number of hydrogen-bond acceptors (Lipinski definition) is 1. The fourth-order valence-electron chi connectivity index (χ4n) is 3.24. The van der Waals surface area contributed by atoms with Crippen LogP contribution in [-0.2, 0) is 0 Å². The summed E-state index contributed by atoms with van der Waals surface area (Å²) in [5.41, 5.74) is -0.777. The molecule has 0 radical (unpaired) electrons. The SMILES string of the molecule is CC(C)CC12CCCN1CCC2(F)F. The van der Waals surface area contributed by atoms with Gasteiger partial charge >= 0.3 is 0 Å². The Morgan fingerprint density at radius 1 is 1.21 bits per heavy atom. The highest BCUT2D eigenvalue weighted by Gasteiger charge is 2.62. The van der Waals surface area contributed by atoms with Gasteiger partial charge in [0.25, 0.3) is 5.92 Å². The Hall–Kier alpha value is -0.180. The lowest BCUT2D eigenvalue weighted by Crippen LogP contribution is -2.50. The van der Waals surface area contributed by atoms with Gasteiger partial charge in [-0.2, -0.15) is 0 Å². The van der Waals surface area contributed by atoms with E-state index in [0.717, 1.165) is 13.0 Å². The number of nitrogens with zero attached hydrogens (tertiary/aromatic N) is 1. The molecule has 2 fully saturated rings. The van der Waals surface area contributed by atoms with Crippen LogP contribution in [0.5, 0.6) is 0 Å². The monoisotopic (exact) mass is 203 g/mol. The lowest BCUT2D eigenvalue weighted by Gasteiger charge is -2.38. The van der Waals surface area contributed by atoms with Crippen molar-refractivity contribution in [2.24, 2.45) is 5.92 Å². The van der Waals surface area contributed by atoms with Crippen LogP contribution in [0.4, 0.5) is 8.78 Å². The Balaban J connectivity index is 2.25. The van der Waals surface area contributed by atoms with E-state index in [4.69, 9.17) is 0 Å². The van der Waals surface area contributed by atoms with E-state index in [9.17, 15) is 8.78 Å². The Labute approximate surface area is 84.5 Å². The molecule has 0 spiro atoms. The van der Waals surface area contributed by atoms with Gasteiger partial charge in [0.15, 0.2) is 0 Å². The van der Waals surface area contributed by atoms with E-state index in [2.05, 4.69) is 0 Å². The van der Waals surface area contributed by atoms with Gasteiger partial charge in [-0.25, -0.2) is 8.78 Å². The van der Waals surface area contributed by atoms with Gasteiger partial charge in [-0.1, -0.05) is 13.8 Å². The van der Waals surface area contributed by atoms with Crippen molar-refractivity contribution in [1.82, 2.24) is 4.90 Å². The number of hydrogen-bond donors (Lipinski definition) is 0. The third kappa shape index (κ3) is 1.28. The number of alkyl halides is 2. The van der Waals surface area contributed by atoms with Crippen molar-refractivity contribution < 1.29 is 8.78 Å². The van der Waals surface area contributed by atoms with Gasteiger partial charge in [0.1, 0.15) is 0 Å². The second-order valence-electron chi connectivity index (χ2n) is 5.17. The van der Waals surface area contributed by atoms with E-state index in [-0.39, 0.29) is 6.42 Å². The van der Waals surface area contributed by atoms with E-state index in [1.165, 1.54) is 0 Å². The van der Waals surface area contributed by atoms with Crippen LogP contribution in [0.25, 0.3) is 0 Å². The van der Waals surface area contributed by atoms with Gasteiger partial charge in [-0.3, -0.25) is 4.90 Å². The quantitative estimate of drug-likeness (QED) is 0.667. The van der Waals surface area contributed by atoms with Gasteiger partial charge < -0.3 is 0 Å². The maximum atomic E-state index is 13.9. The van der Waals surface area contributed by atoms with Crippen LogP contribution in [0.3, 0.4) is 0 Å². The van der Waals surface area contributed by atoms with Crippen LogP contribution < -0.4 is 0 Å². The molecule has 2 saturated heterocycles. The summed E-state index contributed by atoms with van der Waals surface area (Å²) in [6.07, 6.45) is 2.36. The number of fused-ring (bicyclic) bond motifs is 1. The minimum absolute atomic E-state index is 0.0692. The lowest BCUT2D eigenvalue weighted by molar-refractivity contribution is -0.0922. The Kier molecular flexibility index (Phi) is 2.33. The molecule has 14 heavy (non-hydrogen) atoms. The first-order chi connectivity index (χ1) is 6.48. The van der Waals surface area contributed by atoms with E-state index in [1.807, 2.05) is 18.7 Å². The molecule has 2 aliphatic rings. The molecule has 0 aromatic rings. The predicted molar refractivity (Wildman–Crippen MR) is 52.6 cm³/mol. The summed E-state index contributed by atoms with van der Waals surface area (Å²) in [6, 6.07) is 0. The molecular formula is C11H19F2N. The molecule has 1 nitrogen and oxygen atoms in total. The van der Waals surface area contributed by atoms with Crippen LogP contribution >= 0.6 is 0 Å². The maximum Gasteiger partial charge on any atom is 0.267 e. The minimum Gasteiger partial charge on any atom is -0.292 e. The number of rotatable bonds is 2. The van der Waals surface area contributed by atoms with Gasteiger partial charge in [-0.05, 0) is 31.7 Å². The molecule has 3 heteroatoms. The highest BCUT2D eigenvalue weighted by molar-refractivity contribution is 5.10. The Morgan fingerprint density at radius 3 is 2.57 bits per heavy atom. The molecule has 0 aliphatic carbocycles. The molecule has 0 aromatic heterocycles. The zero-order valence-electron chi connectivity index (χ0n) is 9.02. The maximum absolute atomic E-state index is 13.9. The summed E-state index contributed by atoms with van der Waals surface area (Å²) in [7, 11) is 0. The molecule has 0 N–H and O–H groups in total. The molecule has 0 bridgehead atoms. The Bertz CT molecular complexity index is 227. The Morgan fingerprint density at radius 2 is 1.93 bits per heavy atom. The predicted octanol–water partition coefficient (Wildman–Crippen LogP) is 2.91. The zero-order valence-corrected chi connectivity index (χ0v) is 9.02. The van der Waals surface area contributed by atoms with Gasteiger partial charge in [0.05, 0.1) is 5.54 Å². The summed E-state index contributed by atoms with van der Waals surface area (Å²) in [6.45, 7) is 5.56. The first kappa shape index (κ1) is 10.3.